The van der Waals surface area contributed by atoms with Gasteiger partial charge in [-0.15, -0.1) is 0 Å². The molecule has 0 amide bonds. The van der Waals surface area contributed by atoms with Gasteiger partial charge in [0.15, 0.2) is 0 Å². The smallest absolute Gasteiger partial charge is 0.414 e. The van der Waals surface area contributed by atoms with Crippen LogP contribution in [0.2, 0.25) is 25.5 Å². The van der Waals surface area contributed by atoms with Crippen LogP contribution in [0, 0.1) is 5.92 Å². The van der Waals surface area contributed by atoms with Gasteiger partial charge in [-0.2, -0.15) is 0 Å². The molecule has 0 saturated heterocycles. The van der Waals surface area contributed by atoms with Gasteiger partial charge in [0.25, 0.3) is 0 Å². The maximum absolute atomic E-state index is 12.1. The van der Waals surface area contributed by atoms with E-state index in [0.717, 1.165) is 19.3 Å². The Balaban J connectivity index is 2.55. The molecule has 1 aliphatic rings. The first kappa shape index (κ1) is 16.9. The van der Waals surface area contributed by atoms with Gasteiger partial charge in [0, 0.05) is 20.6 Å². The minimum Gasteiger partial charge on any atom is -0.414 e. The number of hydrogen-bond donors (Lipinski definition) is 0. The molecule has 2 atom stereocenters. The summed E-state index contributed by atoms with van der Waals surface area (Å²) in [7, 11) is 1.71. The van der Waals surface area contributed by atoms with Crippen molar-refractivity contribution >= 4 is 20.6 Å². The standard InChI is InChI=1S/C14H29BO3Si/c1-17-15(18-2)13-9-7-6-8-12(13)10-11-14(16)19(3,4)5/h12-13H,6-11H2,1-5H3. The minimum absolute atomic E-state index is 0.104. The lowest BCUT2D eigenvalue weighted by molar-refractivity contribution is -0.113. The molecule has 1 fully saturated rings. The highest BCUT2D eigenvalue weighted by Crippen LogP contribution is 2.40. The summed E-state index contributed by atoms with van der Waals surface area (Å²) in [6, 6.07) is 0. The molecule has 0 radical (unpaired) electrons. The van der Waals surface area contributed by atoms with Crippen LogP contribution in [0.15, 0.2) is 0 Å². The van der Waals surface area contributed by atoms with Crippen molar-refractivity contribution in [3.05, 3.63) is 0 Å². The molecule has 0 aromatic carbocycles. The average molecular weight is 284 g/mol. The van der Waals surface area contributed by atoms with Crippen molar-refractivity contribution in [2.75, 3.05) is 14.2 Å². The zero-order valence-electron chi connectivity index (χ0n) is 13.2. The van der Waals surface area contributed by atoms with Crippen molar-refractivity contribution in [2.45, 2.75) is 64.0 Å². The van der Waals surface area contributed by atoms with Gasteiger partial charge in [-0.25, -0.2) is 0 Å². The topological polar surface area (TPSA) is 35.5 Å². The van der Waals surface area contributed by atoms with E-state index in [1.807, 2.05) is 0 Å². The second kappa shape index (κ2) is 7.60. The first-order valence-electron chi connectivity index (χ1n) is 7.49. The highest BCUT2D eigenvalue weighted by atomic mass is 28.3. The molecule has 3 nitrogen and oxygen atoms in total. The molecule has 1 saturated carbocycles. The third kappa shape index (κ3) is 5.05. The fourth-order valence-electron chi connectivity index (χ4n) is 3.09. The quantitative estimate of drug-likeness (QED) is 0.671. The van der Waals surface area contributed by atoms with E-state index in [1.54, 1.807) is 14.2 Å². The van der Waals surface area contributed by atoms with Crippen molar-refractivity contribution in [1.82, 2.24) is 0 Å². The maximum atomic E-state index is 12.1. The van der Waals surface area contributed by atoms with Gasteiger partial charge in [-0.05, 0) is 18.2 Å². The molecule has 19 heavy (non-hydrogen) atoms. The van der Waals surface area contributed by atoms with Crippen molar-refractivity contribution < 1.29 is 14.1 Å². The zero-order valence-corrected chi connectivity index (χ0v) is 14.2. The van der Waals surface area contributed by atoms with Crippen molar-refractivity contribution in [3.63, 3.8) is 0 Å². The Morgan fingerprint density at radius 3 is 2.26 bits per heavy atom. The van der Waals surface area contributed by atoms with E-state index >= 15 is 0 Å². The lowest BCUT2D eigenvalue weighted by atomic mass is 9.58. The van der Waals surface area contributed by atoms with Crippen LogP contribution in [0.5, 0.6) is 0 Å². The third-order valence-corrected chi connectivity index (χ3v) is 6.28. The van der Waals surface area contributed by atoms with E-state index in [4.69, 9.17) is 9.31 Å². The van der Waals surface area contributed by atoms with Crippen LogP contribution in [0.3, 0.4) is 0 Å². The molecule has 0 aromatic rings. The van der Waals surface area contributed by atoms with Gasteiger partial charge in [0.2, 0.25) is 0 Å². The van der Waals surface area contributed by atoms with Crippen molar-refractivity contribution in [1.29, 1.82) is 0 Å². The number of carbonyl (C=O) groups is 1. The van der Waals surface area contributed by atoms with Crippen LogP contribution < -0.4 is 0 Å². The summed E-state index contributed by atoms with van der Waals surface area (Å²) < 4.78 is 10.9. The Bertz CT molecular complexity index is 287. The van der Waals surface area contributed by atoms with Gasteiger partial charge in [-0.3, -0.25) is 0 Å². The van der Waals surface area contributed by atoms with Crippen molar-refractivity contribution in [2.24, 2.45) is 5.92 Å². The highest BCUT2D eigenvalue weighted by molar-refractivity contribution is 7.03. The normalized spacial score (nSPS) is 24.3. The van der Waals surface area contributed by atoms with Crippen LogP contribution in [0.4, 0.5) is 0 Å². The predicted octanol–water partition coefficient (Wildman–Crippen LogP) is 3.55. The molecule has 2 unspecified atom stereocenters. The lowest BCUT2D eigenvalue weighted by Crippen LogP contribution is -2.36. The first-order chi connectivity index (χ1) is 8.90. The fourth-order valence-corrected chi connectivity index (χ4v) is 3.98. The molecule has 0 spiro atoms. The Labute approximate surface area is 119 Å². The van der Waals surface area contributed by atoms with Gasteiger partial charge in [0.1, 0.15) is 13.5 Å². The summed E-state index contributed by atoms with van der Waals surface area (Å²) in [5.41, 5.74) is 0. The van der Waals surface area contributed by atoms with E-state index in [-0.39, 0.29) is 7.12 Å². The predicted molar refractivity (Wildman–Crippen MR) is 83.1 cm³/mol. The second-order valence-electron chi connectivity index (χ2n) is 6.76. The largest absolute Gasteiger partial charge is 0.460 e. The first-order valence-corrected chi connectivity index (χ1v) is 11.0. The van der Waals surface area contributed by atoms with E-state index in [0.29, 0.717) is 17.1 Å². The van der Waals surface area contributed by atoms with E-state index in [9.17, 15) is 4.79 Å². The van der Waals surface area contributed by atoms with E-state index < -0.39 is 8.07 Å². The van der Waals surface area contributed by atoms with Gasteiger partial charge in [0.05, 0.1) is 0 Å². The summed E-state index contributed by atoms with van der Waals surface area (Å²) >= 11 is 0. The van der Waals surface area contributed by atoms with Gasteiger partial charge < -0.3 is 14.1 Å². The Hall–Kier alpha value is -0.128. The Morgan fingerprint density at radius 1 is 1.16 bits per heavy atom. The summed E-state index contributed by atoms with van der Waals surface area (Å²) in [5.74, 6) is 1.04. The molecule has 5 heteroatoms. The molecule has 0 bridgehead atoms. The molecule has 0 aromatic heterocycles. The van der Waals surface area contributed by atoms with E-state index in [2.05, 4.69) is 19.6 Å². The van der Waals surface area contributed by atoms with Gasteiger partial charge >= 0.3 is 7.12 Å². The number of carbonyl (C=O) groups excluding carboxylic acids is 1. The molecule has 0 N–H and O–H groups in total. The van der Waals surface area contributed by atoms with Crippen LogP contribution in [-0.4, -0.2) is 34.8 Å². The minimum atomic E-state index is -1.61. The summed E-state index contributed by atoms with van der Waals surface area (Å²) in [5, 5.41) is 0.503. The van der Waals surface area contributed by atoms with Crippen LogP contribution in [0.1, 0.15) is 38.5 Å². The van der Waals surface area contributed by atoms with Gasteiger partial charge in [-0.1, -0.05) is 45.3 Å². The fraction of sp³-hybridized carbons (Fsp3) is 0.929. The van der Waals surface area contributed by atoms with Crippen molar-refractivity contribution in [3.8, 4) is 0 Å². The number of hydrogen-bond acceptors (Lipinski definition) is 3. The molecular weight excluding hydrogens is 255 g/mol. The van der Waals surface area contributed by atoms with Crippen LogP contribution in [0.25, 0.3) is 0 Å². The van der Waals surface area contributed by atoms with Crippen LogP contribution in [-0.2, 0) is 14.1 Å². The summed E-state index contributed by atoms with van der Waals surface area (Å²) in [6.45, 7) is 6.42. The second-order valence-corrected chi connectivity index (χ2v) is 11.8. The molecule has 0 aliphatic heterocycles. The average Bonchev–Trinajstić information content (AvgIpc) is 2.37. The van der Waals surface area contributed by atoms with Crippen LogP contribution >= 0.6 is 0 Å². The lowest BCUT2D eigenvalue weighted by Gasteiger charge is -2.33. The molecule has 1 aliphatic carbocycles. The Kier molecular flexibility index (Phi) is 6.77. The van der Waals surface area contributed by atoms with E-state index in [1.165, 1.54) is 19.3 Å². The zero-order chi connectivity index (χ0) is 14.5. The molecule has 110 valence electrons. The SMILES string of the molecule is COB(OC)C1CCCCC1CCC(=O)[Si](C)(C)C. The molecular formula is C14H29BO3Si. The summed E-state index contributed by atoms with van der Waals surface area (Å²) in [6.07, 6.45) is 6.67. The maximum Gasteiger partial charge on any atom is 0.460 e. The molecule has 0 heterocycles. The number of rotatable bonds is 7. The Morgan fingerprint density at radius 2 is 1.74 bits per heavy atom. The molecule has 1 rings (SSSR count). The highest BCUT2D eigenvalue weighted by Gasteiger charge is 2.37. The third-order valence-electron chi connectivity index (χ3n) is 4.36. The summed E-state index contributed by atoms with van der Waals surface area (Å²) in [4.78, 5) is 12.1. The monoisotopic (exact) mass is 284 g/mol.